The van der Waals surface area contributed by atoms with E-state index in [9.17, 15) is 0 Å². The summed E-state index contributed by atoms with van der Waals surface area (Å²) in [5.41, 5.74) is 2.23. The normalized spacial score (nSPS) is 12.7. The fourth-order valence-electron chi connectivity index (χ4n) is 2.48. The standard InChI is InChI=1S/C16H22BrN3O/c1-5-21-14-9-7-6-8-12(14)15(18-4)16-13(17)10-19-20(16)11(2)3/h6-11,15,18H,5H2,1-4H3. The Bertz CT molecular complexity index is 595. The van der Waals surface area contributed by atoms with Gasteiger partial charge in [-0.2, -0.15) is 5.10 Å². The predicted octanol–water partition coefficient (Wildman–Crippen LogP) is 3.93. The molecule has 0 spiro atoms. The zero-order valence-electron chi connectivity index (χ0n) is 12.9. The van der Waals surface area contributed by atoms with Crippen molar-refractivity contribution in [2.24, 2.45) is 0 Å². The van der Waals surface area contributed by atoms with Gasteiger partial charge in [-0.1, -0.05) is 18.2 Å². The third-order valence-corrected chi connectivity index (χ3v) is 3.98. The SMILES string of the molecule is CCOc1ccccc1C(NC)c1c(Br)cnn1C(C)C. The van der Waals surface area contributed by atoms with Crippen molar-refractivity contribution in [3.05, 3.63) is 46.2 Å². The lowest BCUT2D eigenvalue weighted by Gasteiger charge is -2.23. The minimum atomic E-state index is 0.0204. The van der Waals surface area contributed by atoms with E-state index in [-0.39, 0.29) is 6.04 Å². The second kappa shape index (κ2) is 7.09. The van der Waals surface area contributed by atoms with Gasteiger partial charge in [-0.15, -0.1) is 0 Å². The van der Waals surface area contributed by atoms with Crippen molar-refractivity contribution < 1.29 is 4.74 Å². The van der Waals surface area contributed by atoms with Crippen molar-refractivity contribution in [1.82, 2.24) is 15.1 Å². The highest BCUT2D eigenvalue weighted by atomic mass is 79.9. The first-order valence-electron chi connectivity index (χ1n) is 7.22. The molecule has 1 heterocycles. The summed E-state index contributed by atoms with van der Waals surface area (Å²) >= 11 is 3.62. The van der Waals surface area contributed by atoms with Gasteiger partial charge in [0.25, 0.3) is 0 Å². The maximum Gasteiger partial charge on any atom is 0.124 e. The molecular formula is C16H22BrN3O. The summed E-state index contributed by atoms with van der Waals surface area (Å²) in [6.07, 6.45) is 1.85. The largest absolute Gasteiger partial charge is 0.494 e. The van der Waals surface area contributed by atoms with Gasteiger partial charge in [0.1, 0.15) is 5.75 Å². The van der Waals surface area contributed by atoms with Crippen LogP contribution in [0.4, 0.5) is 0 Å². The maximum absolute atomic E-state index is 5.77. The third-order valence-electron chi connectivity index (χ3n) is 3.37. The maximum atomic E-state index is 5.77. The first-order valence-corrected chi connectivity index (χ1v) is 8.01. The Morgan fingerprint density at radius 3 is 2.67 bits per heavy atom. The number of halogens is 1. The van der Waals surface area contributed by atoms with Crippen molar-refractivity contribution >= 4 is 15.9 Å². The highest BCUT2D eigenvalue weighted by Crippen LogP contribution is 2.34. The van der Waals surface area contributed by atoms with Crippen LogP contribution in [0.1, 0.15) is 44.1 Å². The Morgan fingerprint density at radius 1 is 1.33 bits per heavy atom. The second-order valence-electron chi connectivity index (χ2n) is 5.11. The van der Waals surface area contributed by atoms with Crippen LogP contribution in [0.3, 0.4) is 0 Å². The van der Waals surface area contributed by atoms with Crippen LogP contribution >= 0.6 is 15.9 Å². The van der Waals surface area contributed by atoms with Gasteiger partial charge in [0.15, 0.2) is 0 Å². The van der Waals surface area contributed by atoms with Crippen LogP contribution in [0, 0.1) is 0 Å². The quantitative estimate of drug-likeness (QED) is 0.856. The molecule has 0 saturated carbocycles. The highest BCUT2D eigenvalue weighted by molar-refractivity contribution is 9.10. The lowest BCUT2D eigenvalue weighted by Crippen LogP contribution is -2.23. The van der Waals surface area contributed by atoms with Crippen LogP contribution in [0.2, 0.25) is 0 Å². The van der Waals surface area contributed by atoms with Gasteiger partial charge < -0.3 is 10.1 Å². The fraction of sp³-hybridized carbons (Fsp3) is 0.438. The smallest absolute Gasteiger partial charge is 0.124 e. The molecule has 1 aromatic heterocycles. The number of para-hydroxylation sites is 1. The molecule has 2 aromatic rings. The number of hydrogen-bond acceptors (Lipinski definition) is 3. The van der Waals surface area contributed by atoms with Crippen molar-refractivity contribution in [2.75, 3.05) is 13.7 Å². The van der Waals surface area contributed by atoms with E-state index in [0.717, 1.165) is 21.5 Å². The summed E-state index contributed by atoms with van der Waals surface area (Å²) < 4.78 is 8.81. The van der Waals surface area contributed by atoms with E-state index >= 15 is 0 Å². The van der Waals surface area contributed by atoms with Gasteiger partial charge in [-0.05, 0) is 49.8 Å². The van der Waals surface area contributed by atoms with Gasteiger partial charge in [-0.25, -0.2) is 0 Å². The number of nitrogens with zero attached hydrogens (tertiary/aromatic N) is 2. The van der Waals surface area contributed by atoms with E-state index in [1.165, 1.54) is 0 Å². The third kappa shape index (κ3) is 3.30. The highest BCUT2D eigenvalue weighted by Gasteiger charge is 2.24. The molecular weight excluding hydrogens is 330 g/mol. The Morgan fingerprint density at radius 2 is 2.05 bits per heavy atom. The van der Waals surface area contributed by atoms with Crippen LogP contribution in [0.5, 0.6) is 5.75 Å². The van der Waals surface area contributed by atoms with Gasteiger partial charge in [-0.3, -0.25) is 4.68 Å². The lowest BCUT2D eigenvalue weighted by atomic mass is 10.0. The van der Waals surface area contributed by atoms with E-state index in [4.69, 9.17) is 4.74 Å². The minimum Gasteiger partial charge on any atom is -0.494 e. The average molecular weight is 352 g/mol. The van der Waals surface area contributed by atoms with E-state index < -0.39 is 0 Å². The Hall–Kier alpha value is -1.33. The van der Waals surface area contributed by atoms with Crippen molar-refractivity contribution in [2.45, 2.75) is 32.9 Å². The van der Waals surface area contributed by atoms with Crippen molar-refractivity contribution in [3.8, 4) is 5.75 Å². The molecule has 4 nitrogen and oxygen atoms in total. The number of nitrogens with one attached hydrogen (secondary N) is 1. The van der Waals surface area contributed by atoms with Crippen LogP contribution in [-0.4, -0.2) is 23.4 Å². The number of hydrogen-bond donors (Lipinski definition) is 1. The molecule has 2 rings (SSSR count). The zero-order valence-corrected chi connectivity index (χ0v) is 14.5. The molecule has 0 saturated heterocycles. The van der Waals surface area contributed by atoms with E-state index in [0.29, 0.717) is 12.6 Å². The number of aromatic nitrogens is 2. The lowest BCUT2D eigenvalue weighted by molar-refractivity contribution is 0.333. The minimum absolute atomic E-state index is 0.0204. The molecule has 114 valence electrons. The van der Waals surface area contributed by atoms with Gasteiger partial charge in [0.05, 0.1) is 29.0 Å². The number of ether oxygens (including phenoxy) is 1. The summed E-state index contributed by atoms with van der Waals surface area (Å²) in [5, 5.41) is 7.86. The predicted molar refractivity (Wildman–Crippen MR) is 88.8 cm³/mol. The summed E-state index contributed by atoms with van der Waals surface area (Å²) in [4.78, 5) is 0. The Kier molecular flexibility index (Phi) is 5.42. The summed E-state index contributed by atoms with van der Waals surface area (Å²) in [6, 6.07) is 8.44. The average Bonchev–Trinajstić information content (AvgIpc) is 2.84. The zero-order chi connectivity index (χ0) is 15.4. The van der Waals surface area contributed by atoms with Crippen LogP contribution < -0.4 is 10.1 Å². The molecule has 0 fully saturated rings. The first kappa shape index (κ1) is 16.0. The van der Waals surface area contributed by atoms with Crippen molar-refractivity contribution in [1.29, 1.82) is 0 Å². The molecule has 1 unspecified atom stereocenters. The molecule has 1 aromatic carbocycles. The van der Waals surface area contributed by atoms with Crippen LogP contribution in [0.25, 0.3) is 0 Å². The molecule has 0 aliphatic heterocycles. The van der Waals surface area contributed by atoms with E-state index in [2.05, 4.69) is 46.3 Å². The fourth-order valence-corrected chi connectivity index (χ4v) is 2.98. The van der Waals surface area contributed by atoms with E-state index in [1.807, 2.05) is 43.0 Å². The molecule has 5 heteroatoms. The summed E-state index contributed by atoms with van der Waals surface area (Å²) in [5.74, 6) is 0.905. The Balaban J connectivity index is 2.53. The number of benzene rings is 1. The molecule has 0 aliphatic carbocycles. The molecule has 1 N–H and O–H groups in total. The van der Waals surface area contributed by atoms with Crippen molar-refractivity contribution in [3.63, 3.8) is 0 Å². The number of rotatable bonds is 6. The molecule has 1 atom stereocenters. The second-order valence-corrected chi connectivity index (χ2v) is 5.96. The van der Waals surface area contributed by atoms with Crippen LogP contribution in [0.15, 0.2) is 34.9 Å². The van der Waals surface area contributed by atoms with Crippen LogP contribution in [-0.2, 0) is 0 Å². The molecule has 0 bridgehead atoms. The monoisotopic (exact) mass is 351 g/mol. The topological polar surface area (TPSA) is 39.1 Å². The first-order chi connectivity index (χ1) is 10.1. The van der Waals surface area contributed by atoms with E-state index in [1.54, 1.807) is 0 Å². The Labute approximate surface area is 134 Å². The summed E-state index contributed by atoms with van der Waals surface area (Å²) in [6.45, 7) is 6.91. The van der Waals surface area contributed by atoms with Gasteiger partial charge in [0.2, 0.25) is 0 Å². The molecule has 21 heavy (non-hydrogen) atoms. The molecule has 0 aliphatic rings. The molecule has 0 amide bonds. The van der Waals surface area contributed by atoms with Gasteiger partial charge >= 0.3 is 0 Å². The van der Waals surface area contributed by atoms with Gasteiger partial charge in [0, 0.05) is 11.6 Å². The summed E-state index contributed by atoms with van der Waals surface area (Å²) in [7, 11) is 1.96. The molecule has 0 radical (unpaired) electrons.